The average Bonchev–Trinajstić information content (AvgIpc) is 2.92. The maximum atomic E-state index is 11.6. The molecule has 0 unspecified atom stereocenters. The van der Waals surface area contributed by atoms with Crippen molar-refractivity contribution >= 4 is 11.8 Å². The summed E-state index contributed by atoms with van der Waals surface area (Å²) in [4.78, 5) is 34.6. The summed E-state index contributed by atoms with van der Waals surface area (Å²) in [7, 11) is 0. The Balaban J connectivity index is 1.98. The van der Waals surface area contributed by atoms with Crippen molar-refractivity contribution in [3.05, 3.63) is 42.6 Å². The second kappa shape index (κ2) is 5.74. The zero-order valence-corrected chi connectivity index (χ0v) is 9.81. The van der Waals surface area contributed by atoms with E-state index in [1.165, 1.54) is 6.20 Å². The number of nitrogens with one attached hydrogen (secondary N) is 1. The van der Waals surface area contributed by atoms with E-state index in [9.17, 15) is 9.59 Å². The Labute approximate surface area is 108 Å². The first kappa shape index (κ1) is 12.7. The first-order valence-corrected chi connectivity index (χ1v) is 5.31. The molecule has 0 aliphatic rings. The molecule has 0 saturated heterocycles. The average molecular weight is 261 g/mol. The van der Waals surface area contributed by atoms with Crippen LogP contribution in [0, 0.1) is 0 Å². The Morgan fingerprint density at radius 3 is 2.84 bits per heavy atom. The quantitative estimate of drug-likeness (QED) is 0.699. The third-order valence-electron chi connectivity index (χ3n) is 2.16. The lowest BCUT2D eigenvalue weighted by Crippen LogP contribution is -2.29. The van der Waals surface area contributed by atoms with Crippen molar-refractivity contribution in [1.29, 1.82) is 0 Å². The third-order valence-corrected chi connectivity index (χ3v) is 2.16. The molecule has 2 heterocycles. The number of imidazole rings is 1. The van der Waals surface area contributed by atoms with Gasteiger partial charge in [-0.15, -0.1) is 0 Å². The number of carbonyl (C=O) groups is 2. The zero-order valence-electron chi connectivity index (χ0n) is 9.81. The Bertz CT molecular complexity index is 565. The van der Waals surface area contributed by atoms with E-state index in [1.54, 1.807) is 35.4 Å². The van der Waals surface area contributed by atoms with Gasteiger partial charge in [0, 0.05) is 18.6 Å². The smallest absolute Gasteiger partial charge is 0.276 e. The first-order chi connectivity index (χ1) is 9.16. The van der Waals surface area contributed by atoms with E-state index in [2.05, 4.69) is 20.3 Å². The van der Waals surface area contributed by atoms with Crippen molar-refractivity contribution in [2.24, 2.45) is 5.73 Å². The molecule has 2 amide bonds. The molecule has 0 fully saturated rings. The molecule has 0 aromatic carbocycles. The van der Waals surface area contributed by atoms with Crippen LogP contribution in [0.2, 0.25) is 0 Å². The number of pyridine rings is 1. The normalized spacial score (nSPS) is 10.1. The molecule has 0 radical (unpaired) electrons. The number of carbonyl (C=O) groups excluding carboxylic acids is 2. The van der Waals surface area contributed by atoms with Crippen molar-refractivity contribution in [2.75, 3.05) is 6.61 Å². The molecule has 3 N–H and O–H groups in total. The number of amides is 2. The molecule has 0 saturated carbocycles. The van der Waals surface area contributed by atoms with Gasteiger partial charge in [0.2, 0.25) is 5.91 Å². The van der Waals surface area contributed by atoms with Gasteiger partial charge in [0.25, 0.3) is 5.91 Å². The summed E-state index contributed by atoms with van der Waals surface area (Å²) in [5, 5.41) is 0. The molecule has 2 aromatic heterocycles. The van der Waals surface area contributed by atoms with Crippen molar-refractivity contribution in [1.82, 2.24) is 20.0 Å². The highest BCUT2D eigenvalue weighted by Crippen LogP contribution is 2.05. The highest BCUT2D eigenvalue weighted by molar-refractivity contribution is 5.93. The molecular weight excluding hydrogens is 250 g/mol. The van der Waals surface area contributed by atoms with Gasteiger partial charge in [-0.3, -0.25) is 19.0 Å². The number of rotatable bonds is 5. The summed E-state index contributed by atoms with van der Waals surface area (Å²) in [6.45, 7) is -0.383. The summed E-state index contributed by atoms with van der Waals surface area (Å²) in [6, 6.07) is 3.23. The van der Waals surface area contributed by atoms with Gasteiger partial charge in [0.1, 0.15) is 12.1 Å². The van der Waals surface area contributed by atoms with Crippen LogP contribution in [-0.4, -0.2) is 33.0 Å². The Kier molecular flexibility index (Phi) is 3.84. The highest BCUT2D eigenvalue weighted by Gasteiger charge is 2.07. The molecule has 8 heteroatoms. The minimum absolute atomic E-state index is 0.299. The van der Waals surface area contributed by atoms with Crippen LogP contribution in [0.4, 0.5) is 0 Å². The Morgan fingerprint density at radius 2 is 2.26 bits per heavy atom. The van der Waals surface area contributed by atoms with Gasteiger partial charge in [-0.05, 0) is 12.1 Å². The van der Waals surface area contributed by atoms with Crippen LogP contribution >= 0.6 is 0 Å². The fourth-order valence-electron chi connectivity index (χ4n) is 1.30. The Hall–Kier alpha value is -2.74. The van der Waals surface area contributed by atoms with Crippen LogP contribution in [0.15, 0.2) is 37.1 Å². The van der Waals surface area contributed by atoms with Crippen LogP contribution in [-0.2, 0) is 9.63 Å². The van der Waals surface area contributed by atoms with Crippen LogP contribution in [0.25, 0.3) is 5.82 Å². The highest BCUT2D eigenvalue weighted by atomic mass is 16.7. The van der Waals surface area contributed by atoms with E-state index in [4.69, 9.17) is 5.73 Å². The number of nitrogens with two attached hydrogens (primary N) is 1. The van der Waals surface area contributed by atoms with Gasteiger partial charge in [0.15, 0.2) is 6.61 Å². The van der Waals surface area contributed by atoms with Crippen molar-refractivity contribution in [2.45, 2.75) is 0 Å². The summed E-state index contributed by atoms with van der Waals surface area (Å²) < 4.78 is 1.70. The van der Waals surface area contributed by atoms with Crippen molar-refractivity contribution in [3.63, 3.8) is 0 Å². The fourth-order valence-corrected chi connectivity index (χ4v) is 1.30. The first-order valence-electron chi connectivity index (χ1n) is 5.31. The zero-order chi connectivity index (χ0) is 13.7. The fraction of sp³-hybridized carbons (Fsp3) is 0.0909. The number of hydrogen-bond donors (Lipinski definition) is 2. The second-order valence-corrected chi connectivity index (χ2v) is 3.56. The molecule has 2 rings (SSSR count). The molecule has 0 aliphatic heterocycles. The molecule has 0 atom stereocenters. The predicted octanol–water partition coefficient (Wildman–Crippen LogP) is -0.586. The predicted molar refractivity (Wildman–Crippen MR) is 64.0 cm³/mol. The molecule has 98 valence electrons. The standard InChI is InChI=1S/C11H11N5O3/c12-9(17)6-19-15-11(18)8-1-2-10(14-5-8)16-4-3-13-7-16/h1-5,7H,6H2,(H2,12,17)(H,15,18). The molecule has 2 aromatic rings. The van der Waals surface area contributed by atoms with E-state index in [0.717, 1.165) is 0 Å². The summed E-state index contributed by atoms with van der Waals surface area (Å²) in [5.41, 5.74) is 7.24. The molecule has 19 heavy (non-hydrogen) atoms. The van der Waals surface area contributed by atoms with Gasteiger partial charge in [-0.2, -0.15) is 0 Å². The lowest BCUT2D eigenvalue weighted by Gasteiger charge is -2.05. The van der Waals surface area contributed by atoms with E-state index >= 15 is 0 Å². The summed E-state index contributed by atoms with van der Waals surface area (Å²) in [6.07, 6.45) is 6.34. The maximum Gasteiger partial charge on any atom is 0.276 e. The van der Waals surface area contributed by atoms with Gasteiger partial charge < -0.3 is 5.73 Å². The lowest BCUT2D eigenvalue weighted by molar-refractivity contribution is -0.124. The lowest BCUT2D eigenvalue weighted by atomic mass is 10.3. The second-order valence-electron chi connectivity index (χ2n) is 3.56. The van der Waals surface area contributed by atoms with E-state index in [1.807, 2.05) is 0 Å². The SMILES string of the molecule is NC(=O)CONC(=O)c1ccc(-n2ccnc2)nc1. The van der Waals surface area contributed by atoms with Gasteiger partial charge in [-0.1, -0.05) is 0 Å². The number of nitrogens with zero attached hydrogens (tertiary/aromatic N) is 3. The molecular formula is C11H11N5O3. The van der Waals surface area contributed by atoms with Crippen molar-refractivity contribution < 1.29 is 14.4 Å². The van der Waals surface area contributed by atoms with Gasteiger partial charge in [-0.25, -0.2) is 15.4 Å². The maximum absolute atomic E-state index is 11.6. The van der Waals surface area contributed by atoms with Crippen molar-refractivity contribution in [3.8, 4) is 5.82 Å². The minimum Gasteiger partial charge on any atom is -0.368 e. The Morgan fingerprint density at radius 1 is 1.42 bits per heavy atom. The number of primary amides is 1. The molecule has 0 bridgehead atoms. The number of hydrogen-bond acceptors (Lipinski definition) is 5. The summed E-state index contributed by atoms with van der Waals surface area (Å²) >= 11 is 0. The van der Waals surface area contributed by atoms with E-state index in [0.29, 0.717) is 11.4 Å². The summed E-state index contributed by atoms with van der Waals surface area (Å²) in [5.74, 6) is -0.549. The molecule has 8 nitrogen and oxygen atoms in total. The molecule has 0 spiro atoms. The van der Waals surface area contributed by atoms with Crippen LogP contribution in [0.1, 0.15) is 10.4 Å². The van der Waals surface area contributed by atoms with Gasteiger partial charge >= 0.3 is 0 Å². The van der Waals surface area contributed by atoms with Gasteiger partial charge in [0.05, 0.1) is 5.56 Å². The van der Waals surface area contributed by atoms with Crippen LogP contribution in [0.3, 0.4) is 0 Å². The monoisotopic (exact) mass is 261 g/mol. The van der Waals surface area contributed by atoms with Crippen LogP contribution < -0.4 is 11.2 Å². The molecule has 0 aliphatic carbocycles. The van der Waals surface area contributed by atoms with E-state index in [-0.39, 0.29) is 6.61 Å². The van der Waals surface area contributed by atoms with E-state index < -0.39 is 11.8 Å². The number of hydroxylamine groups is 1. The van der Waals surface area contributed by atoms with Crippen LogP contribution in [0.5, 0.6) is 0 Å². The third kappa shape index (κ3) is 3.36. The number of aromatic nitrogens is 3. The minimum atomic E-state index is -0.672. The largest absolute Gasteiger partial charge is 0.368 e. The topological polar surface area (TPSA) is 112 Å².